The van der Waals surface area contributed by atoms with Gasteiger partial charge < -0.3 is 5.32 Å². The second kappa shape index (κ2) is 4.40. The number of piperazine rings is 1. The summed E-state index contributed by atoms with van der Waals surface area (Å²) in [5.74, 6) is -0.220. The molecule has 1 unspecified atom stereocenters. The van der Waals surface area contributed by atoms with Crippen molar-refractivity contribution < 1.29 is 9.59 Å². The molecule has 2 heterocycles. The van der Waals surface area contributed by atoms with Crippen molar-refractivity contribution >= 4 is 17.5 Å². The quantitative estimate of drug-likeness (QED) is 0.848. The van der Waals surface area contributed by atoms with Crippen LogP contribution >= 0.6 is 0 Å². The van der Waals surface area contributed by atoms with Gasteiger partial charge in [-0.3, -0.25) is 19.5 Å². The molecule has 0 radical (unpaired) electrons. The summed E-state index contributed by atoms with van der Waals surface area (Å²) in [5.41, 5.74) is 0.633. The van der Waals surface area contributed by atoms with Gasteiger partial charge in [0.1, 0.15) is 12.1 Å². The van der Waals surface area contributed by atoms with Crippen LogP contribution < -0.4 is 10.2 Å². The smallest absolute Gasteiger partial charge is 0.252 e. The number of nitrogens with zero attached hydrogens (tertiary/aromatic N) is 2. The minimum atomic E-state index is -0.822. The highest BCUT2D eigenvalue weighted by Crippen LogP contribution is 2.25. The third-order valence-electron chi connectivity index (χ3n) is 3.41. The van der Waals surface area contributed by atoms with Crippen LogP contribution in [0.25, 0.3) is 0 Å². The van der Waals surface area contributed by atoms with E-state index in [0.29, 0.717) is 12.1 Å². The van der Waals surface area contributed by atoms with E-state index < -0.39 is 5.54 Å². The number of anilines is 1. The van der Waals surface area contributed by atoms with Gasteiger partial charge in [-0.15, -0.1) is 0 Å². The van der Waals surface area contributed by atoms with Crippen molar-refractivity contribution in [1.82, 2.24) is 10.3 Å². The highest BCUT2D eigenvalue weighted by atomic mass is 16.2. The number of hydrogen-bond acceptors (Lipinski definition) is 3. The van der Waals surface area contributed by atoms with Crippen LogP contribution in [0, 0.1) is 6.92 Å². The predicted molar refractivity (Wildman–Crippen MR) is 68.2 cm³/mol. The Morgan fingerprint density at radius 2 is 2.22 bits per heavy atom. The first-order valence-corrected chi connectivity index (χ1v) is 6.02. The Balaban J connectivity index is 2.42. The molecule has 1 atom stereocenters. The topological polar surface area (TPSA) is 62.3 Å². The summed E-state index contributed by atoms with van der Waals surface area (Å²) >= 11 is 0. The van der Waals surface area contributed by atoms with E-state index >= 15 is 0 Å². The number of rotatable bonds is 2. The molecule has 0 bridgehead atoms. The number of carbonyl (C=O) groups is 2. The average molecular weight is 247 g/mol. The monoisotopic (exact) mass is 247 g/mol. The van der Waals surface area contributed by atoms with Gasteiger partial charge in [0.15, 0.2) is 0 Å². The molecule has 5 heteroatoms. The Kier molecular flexibility index (Phi) is 3.07. The zero-order valence-corrected chi connectivity index (χ0v) is 10.9. The molecule has 0 aliphatic carbocycles. The van der Waals surface area contributed by atoms with Gasteiger partial charge in [-0.05, 0) is 32.4 Å². The lowest BCUT2D eigenvalue weighted by Gasteiger charge is -2.39. The number of carbonyl (C=O) groups excluding carboxylic acids is 2. The summed E-state index contributed by atoms with van der Waals surface area (Å²) in [6, 6.07) is 3.58. The van der Waals surface area contributed by atoms with Crippen molar-refractivity contribution in [2.24, 2.45) is 0 Å². The van der Waals surface area contributed by atoms with Gasteiger partial charge in [-0.25, -0.2) is 0 Å². The molecule has 96 valence electrons. The van der Waals surface area contributed by atoms with Crippen molar-refractivity contribution in [3.8, 4) is 0 Å². The second-order valence-corrected chi connectivity index (χ2v) is 4.73. The van der Waals surface area contributed by atoms with E-state index in [-0.39, 0.29) is 18.4 Å². The van der Waals surface area contributed by atoms with Crippen LogP contribution in [0.1, 0.15) is 26.0 Å². The molecule has 1 fully saturated rings. The maximum absolute atomic E-state index is 12.5. The summed E-state index contributed by atoms with van der Waals surface area (Å²) in [4.78, 5) is 29.9. The number of hydrogen-bond donors (Lipinski definition) is 1. The van der Waals surface area contributed by atoms with E-state index in [9.17, 15) is 9.59 Å². The minimum Gasteiger partial charge on any atom is -0.340 e. The van der Waals surface area contributed by atoms with Crippen LogP contribution in [0.4, 0.5) is 5.69 Å². The molecule has 0 aromatic carbocycles. The van der Waals surface area contributed by atoms with Crippen LogP contribution in [-0.2, 0) is 9.59 Å². The Bertz CT molecular complexity index is 501. The van der Waals surface area contributed by atoms with Gasteiger partial charge in [0, 0.05) is 6.20 Å². The maximum atomic E-state index is 12.5. The van der Waals surface area contributed by atoms with Crippen LogP contribution in [0.2, 0.25) is 0 Å². The number of amides is 2. The van der Waals surface area contributed by atoms with Gasteiger partial charge >= 0.3 is 0 Å². The van der Waals surface area contributed by atoms with Gasteiger partial charge in [-0.1, -0.05) is 6.92 Å². The molecule has 0 saturated carbocycles. The van der Waals surface area contributed by atoms with Gasteiger partial charge in [0.05, 0.1) is 11.4 Å². The standard InChI is InChI=1S/C13H17N3O2/c1-4-13(3)12(18)16(8-11(17)15-13)10-6-5-7-14-9(10)2/h5-7H,4,8H2,1-3H3,(H,15,17). The van der Waals surface area contributed by atoms with E-state index in [1.165, 1.54) is 4.90 Å². The molecule has 1 aromatic heterocycles. The molecule has 18 heavy (non-hydrogen) atoms. The Morgan fingerprint density at radius 3 is 2.83 bits per heavy atom. The lowest BCUT2D eigenvalue weighted by atomic mass is 9.94. The number of nitrogens with one attached hydrogen (secondary N) is 1. The highest BCUT2D eigenvalue weighted by Gasteiger charge is 2.42. The molecule has 1 aromatic rings. The van der Waals surface area contributed by atoms with Crippen molar-refractivity contribution in [3.63, 3.8) is 0 Å². The molecule has 1 saturated heterocycles. The third-order valence-corrected chi connectivity index (χ3v) is 3.41. The lowest BCUT2D eigenvalue weighted by molar-refractivity contribution is -0.135. The van der Waals surface area contributed by atoms with E-state index in [1.54, 1.807) is 19.2 Å². The summed E-state index contributed by atoms with van der Waals surface area (Å²) < 4.78 is 0. The fourth-order valence-corrected chi connectivity index (χ4v) is 2.11. The van der Waals surface area contributed by atoms with Crippen molar-refractivity contribution in [2.75, 3.05) is 11.4 Å². The normalized spacial score (nSPS) is 24.1. The zero-order chi connectivity index (χ0) is 13.3. The summed E-state index contributed by atoms with van der Waals surface area (Å²) in [6.07, 6.45) is 2.24. The van der Waals surface area contributed by atoms with Gasteiger partial charge in [-0.2, -0.15) is 0 Å². The molecule has 2 rings (SSSR count). The first-order valence-electron chi connectivity index (χ1n) is 6.02. The molecule has 1 aliphatic rings. The third kappa shape index (κ3) is 1.96. The number of pyridine rings is 1. The number of aryl methyl sites for hydroxylation is 1. The Morgan fingerprint density at radius 1 is 1.50 bits per heavy atom. The predicted octanol–water partition coefficient (Wildman–Crippen LogP) is 1.02. The average Bonchev–Trinajstić information content (AvgIpc) is 2.35. The summed E-state index contributed by atoms with van der Waals surface area (Å²) in [6.45, 7) is 5.53. The molecule has 1 aliphatic heterocycles. The molecule has 5 nitrogen and oxygen atoms in total. The van der Waals surface area contributed by atoms with Crippen molar-refractivity contribution in [1.29, 1.82) is 0 Å². The van der Waals surface area contributed by atoms with Crippen LogP contribution in [-0.4, -0.2) is 28.9 Å². The second-order valence-electron chi connectivity index (χ2n) is 4.73. The van der Waals surface area contributed by atoms with E-state index in [0.717, 1.165) is 5.69 Å². The van der Waals surface area contributed by atoms with Gasteiger partial charge in [0.25, 0.3) is 5.91 Å². The molecule has 1 N–H and O–H groups in total. The maximum Gasteiger partial charge on any atom is 0.252 e. The SMILES string of the molecule is CCC1(C)NC(=O)CN(c2cccnc2C)C1=O. The van der Waals surface area contributed by atoms with E-state index in [4.69, 9.17) is 0 Å². The van der Waals surface area contributed by atoms with Crippen LogP contribution in [0.5, 0.6) is 0 Å². The molecular weight excluding hydrogens is 230 g/mol. The highest BCUT2D eigenvalue weighted by molar-refractivity contribution is 6.09. The zero-order valence-electron chi connectivity index (χ0n) is 10.9. The molecular formula is C13H17N3O2. The van der Waals surface area contributed by atoms with Crippen LogP contribution in [0.15, 0.2) is 18.3 Å². The first-order chi connectivity index (χ1) is 8.48. The summed E-state index contributed by atoms with van der Waals surface area (Å²) in [7, 11) is 0. The van der Waals surface area contributed by atoms with Crippen LogP contribution in [0.3, 0.4) is 0 Å². The van der Waals surface area contributed by atoms with Crippen molar-refractivity contribution in [3.05, 3.63) is 24.0 Å². The Labute approximate surface area is 106 Å². The molecule has 0 spiro atoms. The number of aromatic nitrogens is 1. The molecule has 2 amide bonds. The van der Waals surface area contributed by atoms with E-state index in [1.807, 2.05) is 19.9 Å². The van der Waals surface area contributed by atoms with Gasteiger partial charge in [0.2, 0.25) is 5.91 Å². The summed E-state index contributed by atoms with van der Waals surface area (Å²) in [5, 5.41) is 2.76. The minimum absolute atomic E-state index is 0.0565. The van der Waals surface area contributed by atoms with Crippen molar-refractivity contribution in [2.45, 2.75) is 32.7 Å². The lowest BCUT2D eigenvalue weighted by Crippen LogP contribution is -2.65. The Hall–Kier alpha value is -1.91. The van der Waals surface area contributed by atoms with E-state index in [2.05, 4.69) is 10.3 Å². The fraction of sp³-hybridized carbons (Fsp3) is 0.462. The largest absolute Gasteiger partial charge is 0.340 e. The fourth-order valence-electron chi connectivity index (χ4n) is 2.11. The first kappa shape index (κ1) is 12.5.